The Morgan fingerprint density at radius 1 is 1.13 bits per heavy atom. The first-order chi connectivity index (χ1) is 10.7. The number of carboxylic acid groups (broad SMARTS) is 1. The summed E-state index contributed by atoms with van der Waals surface area (Å²) in [4.78, 5) is 45.7. The van der Waals surface area contributed by atoms with Crippen LogP contribution < -0.4 is 22.1 Å². The van der Waals surface area contributed by atoms with E-state index in [1.54, 1.807) is 6.26 Å². The van der Waals surface area contributed by atoms with Crippen LogP contribution in [0.3, 0.4) is 0 Å². The Balaban J connectivity index is 4.93. The summed E-state index contributed by atoms with van der Waals surface area (Å²) in [5.74, 6) is -3.30. The molecule has 0 saturated heterocycles. The van der Waals surface area contributed by atoms with Gasteiger partial charge >= 0.3 is 5.97 Å². The van der Waals surface area contributed by atoms with Crippen LogP contribution >= 0.6 is 11.8 Å². The first kappa shape index (κ1) is 21.1. The lowest BCUT2D eigenvalue weighted by atomic mass is 10.1. The Labute approximate surface area is 137 Å². The molecule has 11 heteroatoms. The number of amides is 3. The number of carbonyl (C=O) groups is 4. The van der Waals surface area contributed by atoms with Gasteiger partial charge in [-0.05, 0) is 18.4 Å². The average Bonchev–Trinajstić information content (AvgIpc) is 2.48. The standard InChI is InChI=1S/C12H22N4O6S/c1-23-3-2-7(15-10(19)6(13)5-17)11(20)16-8(12(21)22)4-9(14)18/h6-8,17H,2-5,13H2,1H3,(H2,14,18)(H,15,19)(H,16,20)(H,21,22). The minimum absolute atomic E-state index is 0.222. The molecule has 0 bridgehead atoms. The predicted octanol–water partition coefficient (Wildman–Crippen LogP) is -3.01. The molecule has 0 aromatic heterocycles. The topological polar surface area (TPSA) is 185 Å². The smallest absolute Gasteiger partial charge is 0.326 e. The second kappa shape index (κ2) is 10.8. The first-order valence-corrected chi connectivity index (χ1v) is 8.09. The number of carboxylic acids is 1. The van der Waals surface area contributed by atoms with E-state index in [1.165, 1.54) is 11.8 Å². The van der Waals surface area contributed by atoms with Crippen LogP contribution in [0.4, 0.5) is 0 Å². The van der Waals surface area contributed by atoms with Gasteiger partial charge in [0.25, 0.3) is 0 Å². The van der Waals surface area contributed by atoms with Crippen LogP contribution in [0.25, 0.3) is 0 Å². The zero-order valence-corrected chi connectivity index (χ0v) is 13.5. The van der Waals surface area contributed by atoms with E-state index in [2.05, 4.69) is 10.6 Å². The molecule has 3 atom stereocenters. The molecule has 0 aromatic carbocycles. The van der Waals surface area contributed by atoms with Gasteiger partial charge in [0, 0.05) is 0 Å². The molecule has 0 rings (SSSR count). The maximum absolute atomic E-state index is 12.1. The third-order valence-corrected chi connectivity index (χ3v) is 3.44. The number of aliphatic hydroxyl groups excluding tert-OH is 1. The number of aliphatic hydroxyl groups is 1. The summed E-state index contributed by atoms with van der Waals surface area (Å²) in [5, 5.41) is 22.3. The van der Waals surface area contributed by atoms with Crippen LogP contribution in [0, 0.1) is 0 Å². The zero-order valence-electron chi connectivity index (χ0n) is 12.7. The van der Waals surface area contributed by atoms with Crippen LogP contribution in [0.1, 0.15) is 12.8 Å². The van der Waals surface area contributed by atoms with Gasteiger partial charge in [0.15, 0.2) is 0 Å². The fourth-order valence-corrected chi connectivity index (χ4v) is 2.01. The largest absolute Gasteiger partial charge is 0.480 e. The SMILES string of the molecule is CSCCC(NC(=O)C(N)CO)C(=O)NC(CC(N)=O)C(=O)O. The zero-order chi connectivity index (χ0) is 18.0. The van der Waals surface area contributed by atoms with Crippen molar-refractivity contribution in [3.05, 3.63) is 0 Å². The van der Waals surface area contributed by atoms with E-state index in [-0.39, 0.29) is 6.42 Å². The van der Waals surface area contributed by atoms with Gasteiger partial charge < -0.3 is 32.3 Å². The van der Waals surface area contributed by atoms with Crippen molar-refractivity contribution in [3.8, 4) is 0 Å². The highest BCUT2D eigenvalue weighted by Crippen LogP contribution is 2.03. The Morgan fingerprint density at radius 3 is 2.13 bits per heavy atom. The number of nitrogens with two attached hydrogens (primary N) is 2. The number of rotatable bonds is 11. The van der Waals surface area contributed by atoms with E-state index in [1.807, 2.05) is 0 Å². The maximum atomic E-state index is 12.1. The third kappa shape index (κ3) is 8.38. The van der Waals surface area contributed by atoms with Crippen LogP contribution in [0.15, 0.2) is 0 Å². The molecule has 132 valence electrons. The molecule has 0 spiro atoms. The van der Waals surface area contributed by atoms with Crippen molar-refractivity contribution in [2.45, 2.75) is 31.0 Å². The molecule has 0 fully saturated rings. The summed E-state index contributed by atoms with van der Waals surface area (Å²) in [6.45, 7) is -0.595. The first-order valence-electron chi connectivity index (χ1n) is 6.70. The highest BCUT2D eigenvalue weighted by molar-refractivity contribution is 7.98. The fourth-order valence-electron chi connectivity index (χ4n) is 1.54. The van der Waals surface area contributed by atoms with Gasteiger partial charge in [0.1, 0.15) is 18.1 Å². The lowest BCUT2D eigenvalue weighted by Crippen LogP contribution is -2.55. The fraction of sp³-hybridized carbons (Fsp3) is 0.667. The maximum Gasteiger partial charge on any atom is 0.326 e. The van der Waals surface area contributed by atoms with Gasteiger partial charge in [-0.2, -0.15) is 11.8 Å². The quantitative estimate of drug-likeness (QED) is 0.227. The van der Waals surface area contributed by atoms with Crippen molar-refractivity contribution >= 4 is 35.5 Å². The van der Waals surface area contributed by atoms with Gasteiger partial charge in [0.05, 0.1) is 13.0 Å². The van der Waals surface area contributed by atoms with Crippen molar-refractivity contribution in [3.63, 3.8) is 0 Å². The molecule has 0 aromatic rings. The van der Waals surface area contributed by atoms with Crippen LogP contribution in [-0.4, -0.2) is 70.6 Å². The average molecular weight is 350 g/mol. The minimum Gasteiger partial charge on any atom is -0.480 e. The molecule has 0 saturated carbocycles. The van der Waals surface area contributed by atoms with E-state index in [0.717, 1.165) is 0 Å². The van der Waals surface area contributed by atoms with E-state index in [9.17, 15) is 19.2 Å². The van der Waals surface area contributed by atoms with Crippen molar-refractivity contribution in [1.82, 2.24) is 10.6 Å². The summed E-state index contributed by atoms with van der Waals surface area (Å²) >= 11 is 1.42. The predicted molar refractivity (Wildman–Crippen MR) is 83.4 cm³/mol. The Bertz CT molecular complexity index is 447. The van der Waals surface area contributed by atoms with Crippen molar-refractivity contribution in [1.29, 1.82) is 0 Å². The number of aliphatic carboxylic acids is 1. The molecule has 10 nitrogen and oxygen atoms in total. The minimum atomic E-state index is -1.49. The molecule has 23 heavy (non-hydrogen) atoms. The summed E-state index contributed by atoms with van der Waals surface area (Å²) < 4.78 is 0. The van der Waals surface area contributed by atoms with E-state index in [0.29, 0.717) is 5.75 Å². The normalized spacial score (nSPS) is 14.4. The molecule has 3 unspecified atom stereocenters. The van der Waals surface area contributed by atoms with Gasteiger partial charge in [-0.25, -0.2) is 4.79 Å². The van der Waals surface area contributed by atoms with Gasteiger partial charge in [-0.1, -0.05) is 0 Å². The number of nitrogens with one attached hydrogen (secondary N) is 2. The second-order valence-electron chi connectivity index (χ2n) is 4.70. The Morgan fingerprint density at radius 2 is 1.70 bits per heavy atom. The Hall–Kier alpha value is -1.85. The molecular weight excluding hydrogens is 328 g/mol. The van der Waals surface area contributed by atoms with Crippen LogP contribution in [-0.2, 0) is 19.2 Å². The molecular formula is C12H22N4O6S. The lowest BCUT2D eigenvalue weighted by Gasteiger charge is -2.22. The van der Waals surface area contributed by atoms with Gasteiger partial charge in [-0.15, -0.1) is 0 Å². The molecule has 8 N–H and O–H groups in total. The molecule has 0 aliphatic rings. The molecule has 0 heterocycles. The molecule has 0 radical (unpaired) electrons. The van der Waals surface area contributed by atoms with Gasteiger partial charge in [0.2, 0.25) is 17.7 Å². The number of hydrogen-bond acceptors (Lipinski definition) is 7. The van der Waals surface area contributed by atoms with Crippen LogP contribution in [0.5, 0.6) is 0 Å². The lowest BCUT2D eigenvalue weighted by molar-refractivity contribution is -0.143. The van der Waals surface area contributed by atoms with E-state index < -0.39 is 54.8 Å². The van der Waals surface area contributed by atoms with Crippen molar-refractivity contribution in [2.24, 2.45) is 11.5 Å². The van der Waals surface area contributed by atoms with E-state index >= 15 is 0 Å². The monoisotopic (exact) mass is 350 g/mol. The Kier molecular flexibility index (Phi) is 9.94. The molecule has 0 aliphatic carbocycles. The summed E-state index contributed by atoms with van der Waals surface area (Å²) in [6.07, 6.45) is 1.45. The number of hydrogen-bond donors (Lipinski definition) is 6. The summed E-state index contributed by atoms with van der Waals surface area (Å²) in [5.41, 5.74) is 10.3. The highest BCUT2D eigenvalue weighted by Gasteiger charge is 2.28. The summed E-state index contributed by atoms with van der Waals surface area (Å²) in [7, 11) is 0. The van der Waals surface area contributed by atoms with E-state index in [4.69, 9.17) is 21.7 Å². The second-order valence-corrected chi connectivity index (χ2v) is 5.69. The molecule has 3 amide bonds. The van der Waals surface area contributed by atoms with Gasteiger partial charge in [-0.3, -0.25) is 14.4 Å². The van der Waals surface area contributed by atoms with Crippen molar-refractivity contribution in [2.75, 3.05) is 18.6 Å². The number of carbonyl (C=O) groups excluding carboxylic acids is 3. The number of thioether (sulfide) groups is 1. The summed E-state index contributed by atoms with van der Waals surface area (Å²) in [6, 6.07) is -3.72. The molecule has 0 aliphatic heterocycles. The number of primary amides is 1. The third-order valence-electron chi connectivity index (χ3n) is 2.80. The van der Waals surface area contributed by atoms with Crippen LogP contribution in [0.2, 0.25) is 0 Å². The van der Waals surface area contributed by atoms with Crippen molar-refractivity contribution < 1.29 is 29.4 Å². The highest BCUT2D eigenvalue weighted by atomic mass is 32.2.